The Bertz CT molecular complexity index is 666. The van der Waals surface area contributed by atoms with Crippen molar-refractivity contribution in [1.29, 1.82) is 0 Å². The monoisotopic (exact) mass is 368 g/mol. The minimum atomic E-state index is 0.530. The number of aromatic nitrogens is 2. The third-order valence-corrected chi connectivity index (χ3v) is 4.50. The molecule has 4 heteroatoms. The second kappa shape index (κ2) is 12.1. The number of hydrogen-bond donors (Lipinski definition) is 0. The lowest BCUT2D eigenvalue weighted by molar-refractivity contribution is 0.255. The maximum atomic E-state index is 5.70. The second-order valence-corrected chi connectivity index (χ2v) is 6.93. The summed E-state index contributed by atoms with van der Waals surface area (Å²) in [4.78, 5) is 8.80. The molecule has 4 nitrogen and oxygen atoms in total. The number of rotatable bonds is 12. The van der Waals surface area contributed by atoms with Gasteiger partial charge in [0.2, 0.25) is 0 Å². The standard InChI is InChI=1S/C23H32N2O2/c1-4-6-7-8-9-10-15-26-21-13-11-20(12-14-21)23-24-16-22(17-25-23)27-18-19(3)5-2/h10-17,19H,4-9,18H2,1-3H3/b15-10+/t19-/m0/s1. The van der Waals surface area contributed by atoms with Crippen LogP contribution < -0.4 is 9.47 Å². The summed E-state index contributed by atoms with van der Waals surface area (Å²) in [5, 5.41) is 0. The van der Waals surface area contributed by atoms with E-state index in [2.05, 4.69) is 36.8 Å². The summed E-state index contributed by atoms with van der Waals surface area (Å²) in [6, 6.07) is 7.82. The number of allylic oxidation sites excluding steroid dienone is 1. The van der Waals surface area contributed by atoms with E-state index in [-0.39, 0.29) is 0 Å². The topological polar surface area (TPSA) is 44.2 Å². The number of nitrogens with zero attached hydrogens (tertiary/aromatic N) is 2. The molecule has 0 N–H and O–H groups in total. The maximum Gasteiger partial charge on any atom is 0.159 e. The smallest absolute Gasteiger partial charge is 0.159 e. The summed E-state index contributed by atoms with van der Waals surface area (Å²) in [5.74, 6) is 2.74. The molecule has 1 heterocycles. The first kappa shape index (κ1) is 20.9. The van der Waals surface area contributed by atoms with E-state index in [0.717, 1.165) is 24.2 Å². The molecule has 0 aliphatic rings. The van der Waals surface area contributed by atoms with Crippen molar-refractivity contribution in [3.8, 4) is 22.9 Å². The lowest BCUT2D eigenvalue weighted by atomic mass is 10.1. The van der Waals surface area contributed by atoms with E-state index >= 15 is 0 Å². The van der Waals surface area contributed by atoms with E-state index in [4.69, 9.17) is 9.47 Å². The van der Waals surface area contributed by atoms with E-state index in [9.17, 15) is 0 Å². The SMILES string of the molecule is CCCCCC/C=C/Oc1ccc(-c2ncc(OC[C@@H](C)CC)cn2)cc1. The molecule has 0 saturated carbocycles. The molecule has 0 fully saturated rings. The molecule has 2 aromatic rings. The fourth-order valence-electron chi connectivity index (χ4n) is 2.46. The van der Waals surface area contributed by atoms with Gasteiger partial charge in [-0.1, -0.05) is 46.5 Å². The molecule has 0 saturated heterocycles. The van der Waals surface area contributed by atoms with Crippen LogP contribution in [-0.4, -0.2) is 16.6 Å². The predicted octanol–water partition coefficient (Wildman–Crippen LogP) is 6.43. The molecule has 0 spiro atoms. The van der Waals surface area contributed by atoms with Crippen LogP contribution in [0.4, 0.5) is 0 Å². The van der Waals surface area contributed by atoms with Gasteiger partial charge in [-0.05, 0) is 49.1 Å². The van der Waals surface area contributed by atoms with Crippen molar-refractivity contribution in [3.63, 3.8) is 0 Å². The van der Waals surface area contributed by atoms with Crippen molar-refractivity contribution in [2.45, 2.75) is 59.3 Å². The van der Waals surface area contributed by atoms with Gasteiger partial charge in [0.05, 0.1) is 25.3 Å². The minimum Gasteiger partial charge on any atom is -0.490 e. The molecule has 0 amide bonds. The summed E-state index contributed by atoms with van der Waals surface area (Å²) >= 11 is 0. The average Bonchev–Trinajstić information content (AvgIpc) is 2.72. The first-order valence-electron chi connectivity index (χ1n) is 10.1. The predicted molar refractivity (Wildman–Crippen MR) is 111 cm³/mol. The van der Waals surface area contributed by atoms with Crippen LogP contribution in [0.3, 0.4) is 0 Å². The molecule has 1 atom stereocenters. The summed E-state index contributed by atoms with van der Waals surface area (Å²) in [7, 11) is 0. The van der Waals surface area contributed by atoms with Gasteiger partial charge in [-0.25, -0.2) is 9.97 Å². The molecule has 1 aromatic heterocycles. The summed E-state index contributed by atoms with van der Waals surface area (Å²) < 4.78 is 11.3. The lowest BCUT2D eigenvalue weighted by Gasteiger charge is -2.10. The first-order chi connectivity index (χ1) is 13.2. The van der Waals surface area contributed by atoms with Crippen molar-refractivity contribution in [2.75, 3.05) is 6.61 Å². The largest absolute Gasteiger partial charge is 0.490 e. The molecule has 0 unspecified atom stereocenters. The Morgan fingerprint density at radius 2 is 1.70 bits per heavy atom. The van der Waals surface area contributed by atoms with Gasteiger partial charge in [-0.3, -0.25) is 0 Å². The third kappa shape index (κ3) is 7.81. The Morgan fingerprint density at radius 1 is 0.963 bits per heavy atom. The highest BCUT2D eigenvalue weighted by atomic mass is 16.5. The van der Waals surface area contributed by atoms with Gasteiger partial charge in [-0.2, -0.15) is 0 Å². The van der Waals surface area contributed by atoms with Crippen LogP contribution in [0.25, 0.3) is 11.4 Å². The lowest BCUT2D eigenvalue weighted by Crippen LogP contribution is -2.07. The van der Waals surface area contributed by atoms with Crippen LogP contribution in [0, 0.1) is 5.92 Å². The molecule has 2 rings (SSSR count). The zero-order valence-corrected chi connectivity index (χ0v) is 16.9. The highest BCUT2D eigenvalue weighted by Gasteiger charge is 2.04. The molecule has 0 aliphatic heterocycles. The van der Waals surface area contributed by atoms with Crippen LogP contribution in [0.2, 0.25) is 0 Å². The van der Waals surface area contributed by atoms with E-state index in [1.807, 2.05) is 24.3 Å². The Labute approximate surface area is 163 Å². The van der Waals surface area contributed by atoms with E-state index < -0.39 is 0 Å². The highest BCUT2D eigenvalue weighted by Crippen LogP contribution is 2.21. The van der Waals surface area contributed by atoms with Crippen molar-refractivity contribution in [2.24, 2.45) is 5.92 Å². The zero-order valence-electron chi connectivity index (χ0n) is 16.9. The molecule has 0 bridgehead atoms. The van der Waals surface area contributed by atoms with Crippen LogP contribution in [0.1, 0.15) is 59.3 Å². The van der Waals surface area contributed by atoms with Gasteiger partial charge in [0, 0.05) is 5.56 Å². The van der Waals surface area contributed by atoms with Crippen LogP contribution >= 0.6 is 0 Å². The fraction of sp³-hybridized carbons (Fsp3) is 0.478. The first-order valence-corrected chi connectivity index (χ1v) is 10.1. The van der Waals surface area contributed by atoms with Crippen LogP contribution in [0.5, 0.6) is 11.5 Å². The van der Waals surface area contributed by atoms with Gasteiger partial charge >= 0.3 is 0 Å². The minimum absolute atomic E-state index is 0.530. The fourth-order valence-corrected chi connectivity index (χ4v) is 2.46. The van der Waals surface area contributed by atoms with E-state index in [1.54, 1.807) is 18.7 Å². The van der Waals surface area contributed by atoms with Gasteiger partial charge in [-0.15, -0.1) is 0 Å². The summed E-state index contributed by atoms with van der Waals surface area (Å²) in [5.41, 5.74) is 0.958. The van der Waals surface area contributed by atoms with Crippen molar-refractivity contribution >= 4 is 0 Å². The zero-order chi connectivity index (χ0) is 19.3. The van der Waals surface area contributed by atoms with Crippen molar-refractivity contribution in [1.82, 2.24) is 9.97 Å². The Hall–Kier alpha value is -2.36. The van der Waals surface area contributed by atoms with Crippen molar-refractivity contribution < 1.29 is 9.47 Å². The molecule has 1 aromatic carbocycles. The van der Waals surface area contributed by atoms with Crippen LogP contribution in [-0.2, 0) is 0 Å². The second-order valence-electron chi connectivity index (χ2n) is 6.93. The molecule has 146 valence electrons. The highest BCUT2D eigenvalue weighted by molar-refractivity contribution is 5.56. The molecule has 0 radical (unpaired) electrons. The summed E-state index contributed by atoms with van der Waals surface area (Å²) in [6.07, 6.45) is 14.6. The van der Waals surface area contributed by atoms with Gasteiger partial charge in [0.25, 0.3) is 0 Å². The van der Waals surface area contributed by atoms with Crippen LogP contribution in [0.15, 0.2) is 49.0 Å². The maximum absolute atomic E-state index is 5.70. The summed E-state index contributed by atoms with van der Waals surface area (Å²) in [6.45, 7) is 7.24. The third-order valence-electron chi connectivity index (χ3n) is 4.50. The normalized spacial score (nSPS) is 12.3. The Morgan fingerprint density at radius 3 is 2.37 bits per heavy atom. The van der Waals surface area contributed by atoms with Gasteiger partial charge in [0.15, 0.2) is 11.6 Å². The van der Waals surface area contributed by atoms with E-state index in [1.165, 1.54) is 25.7 Å². The Balaban J connectivity index is 1.81. The van der Waals surface area contributed by atoms with Crippen molar-refractivity contribution in [3.05, 3.63) is 49.0 Å². The number of unbranched alkanes of at least 4 members (excludes halogenated alkanes) is 4. The number of ether oxygens (including phenoxy) is 2. The average molecular weight is 369 g/mol. The number of hydrogen-bond acceptors (Lipinski definition) is 4. The van der Waals surface area contributed by atoms with Gasteiger partial charge in [0.1, 0.15) is 5.75 Å². The Kier molecular flexibility index (Phi) is 9.39. The van der Waals surface area contributed by atoms with E-state index in [0.29, 0.717) is 24.1 Å². The molecule has 0 aliphatic carbocycles. The molecule has 27 heavy (non-hydrogen) atoms. The molecular formula is C23H32N2O2. The van der Waals surface area contributed by atoms with Gasteiger partial charge < -0.3 is 9.47 Å². The molecular weight excluding hydrogens is 336 g/mol. The quantitative estimate of drug-likeness (QED) is 0.320. The number of benzene rings is 1.